The van der Waals surface area contributed by atoms with E-state index in [0.29, 0.717) is 11.8 Å². The third-order valence-electron chi connectivity index (χ3n) is 4.42. The maximum absolute atomic E-state index is 12.4. The van der Waals surface area contributed by atoms with Crippen LogP contribution in [-0.4, -0.2) is 28.1 Å². The third-order valence-corrected chi connectivity index (χ3v) is 4.42. The molecule has 2 aliphatic rings. The molecule has 0 aromatic heterocycles. The molecule has 5 heteroatoms. The predicted molar refractivity (Wildman–Crippen MR) is 87.9 cm³/mol. The van der Waals surface area contributed by atoms with Gasteiger partial charge in [0.2, 0.25) is 0 Å². The van der Waals surface area contributed by atoms with E-state index in [1.165, 1.54) is 12.1 Å². The van der Waals surface area contributed by atoms with Gasteiger partial charge in [-0.05, 0) is 49.3 Å². The van der Waals surface area contributed by atoms with Crippen LogP contribution in [0.4, 0.5) is 0 Å². The number of aromatic hydroxyl groups is 2. The Bertz CT molecular complexity index is 732. The Kier molecular flexibility index (Phi) is 4.42. The van der Waals surface area contributed by atoms with Crippen molar-refractivity contribution in [2.45, 2.75) is 32.3 Å². The van der Waals surface area contributed by atoms with Gasteiger partial charge in [-0.1, -0.05) is 18.2 Å². The van der Waals surface area contributed by atoms with Crippen molar-refractivity contribution in [3.63, 3.8) is 0 Å². The van der Waals surface area contributed by atoms with Crippen molar-refractivity contribution in [2.24, 2.45) is 11.8 Å². The average Bonchev–Trinajstić information content (AvgIpc) is 3.19. The van der Waals surface area contributed by atoms with E-state index in [-0.39, 0.29) is 40.9 Å². The molecule has 24 heavy (non-hydrogen) atoms. The summed E-state index contributed by atoms with van der Waals surface area (Å²) < 4.78 is 5.44. The van der Waals surface area contributed by atoms with Gasteiger partial charge in [-0.3, -0.25) is 4.79 Å². The summed E-state index contributed by atoms with van der Waals surface area (Å²) in [4.78, 5) is 24.5. The first-order valence-corrected chi connectivity index (χ1v) is 8.07. The molecule has 0 amide bonds. The minimum Gasteiger partial charge on any atom is -0.508 e. The molecule has 0 bridgehead atoms. The first-order chi connectivity index (χ1) is 11.4. The molecule has 1 aromatic carbocycles. The maximum Gasteiger partial charge on any atom is 0.342 e. The first kappa shape index (κ1) is 16.3. The highest BCUT2D eigenvalue weighted by Crippen LogP contribution is 2.43. The molecule has 3 atom stereocenters. The Morgan fingerprint density at radius 2 is 1.92 bits per heavy atom. The summed E-state index contributed by atoms with van der Waals surface area (Å²) in [5.41, 5.74) is 0.200. The molecular formula is C19H20O5. The lowest BCUT2D eigenvalue weighted by Crippen LogP contribution is -2.18. The quantitative estimate of drug-likeness (QED) is 0.715. The van der Waals surface area contributed by atoms with E-state index >= 15 is 0 Å². The van der Waals surface area contributed by atoms with Crippen LogP contribution in [-0.2, 0) is 16.0 Å². The van der Waals surface area contributed by atoms with Gasteiger partial charge in [0.15, 0.2) is 5.78 Å². The smallest absolute Gasteiger partial charge is 0.342 e. The minimum atomic E-state index is -0.670. The molecule has 1 aromatic rings. The number of carbonyl (C=O) groups excluding carboxylic acids is 2. The fourth-order valence-corrected chi connectivity index (χ4v) is 3.15. The summed E-state index contributed by atoms with van der Waals surface area (Å²) in [6.07, 6.45) is 8.49. The van der Waals surface area contributed by atoms with Crippen molar-refractivity contribution < 1.29 is 24.5 Å². The highest BCUT2D eigenvalue weighted by atomic mass is 16.5. The van der Waals surface area contributed by atoms with Gasteiger partial charge >= 0.3 is 5.97 Å². The topological polar surface area (TPSA) is 83.8 Å². The lowest BCUT2D eigenvalue weighted by molar-refractivity contribution is -0.114. The van der Waals surface area contributed by atoms with Crippen molar-refractivity contribution in [3.8, 4) is 11.5 Å². The number of benzene rings is 1. The number of fused-ring (bicyclic) bond motifs is 2. The van der Waals surface area contributed by atoms with Crippen LogP contribution in [0.5, 0.6) is 11.5 Å². The van der Waals surface area contributed by atoms with Crippen LogP contribution in [0.1, 0.15) is 35.7 Å². The van der Waals surface area contributed by atoms with Gasteiger partial charge in [0.05, 0.1) is 6.10 Å². The molecule has 0 spiro atoms. The Morgan fingerprint density at radius 1 is 1.12 bits per heavy atom. The van der Waals surface area contributed by atoms with Gasteiger partial charge in [0.25, 0.3) is 0 Å². The Labute approximate surface area is 140 Å². The van der Waals surface area contributed by atoms with Crippen molar-refractivity contribution in [3.05, 3.63) is 47.6 Å². The standard InChI is InChI=1S/C19H20O5/c1-11-6-13-7-12(13)4-2-3-5-15(20)8-14-9-16(21)10-17(22)18(14)19(23)24-11/h2-5,9-13,21-22H,6-8H2,1H3/b4-2-,5-3+/t11-,12+,13+/m1/s1. The molecule has 126 valence electrons. The number of esters is 1. The van der Waals surface area contributed by atoms with Gasteiger partial charge < -0.3 is 14.9 Å². The molecule has 1 aliphatic heterocycles. The fraction of sp³-hybridized carbons (Fsp3) is 0.368. The second kappa shape index (κ2) is 6.51. The van der Waals surface area contributed by atoms with Crippen LogP contribution in [0.3, 0.4) is 0 Å². The molecule has 2 N–H and O–H groups in total. The van der Waals surface area contributed by atoms with Crippen LogP contribution in [0.15, 0.2) is 36.4 Å². The van der Waals surface area contributed by atoms with Gasteiger partial charge in [-0.15, -0.1) is 0 Å². The van der Waals surface area contributed by atoms with E-state index in [0.717, 1.165) is 18.9 Å². The first-order valence-electron chi connectivity index (χ1n) is 8.07. The number of phenolic OH excluding ortho intramolecular Hbond substituents is 2. The summed E-state index contributed by atoms with van der Waals surface area (Å²) in [5, 5.41) is 19.7. The number of carbonyl (C=O) groups is 2. The van der Waals surface area contributed by atoms with E-state index in [4.69, 9.17) is 4.74 Å². The lowest BCUT2D eigenvalue weighted by Gasteiger charge is -2.16. The summed E-state index contributed by atoms with van der Waals surface area (Å²) in [7, 11) is 0. The normalized spacial score (nSPS) is 29.6. The van der Waals surface area contributed by atoms with Gasteiger partial charge in [0, 0.05) is 12.5 Å². The summed E-state index contributed by atoms with van der Waals surface area (Å²) in [6.45, 7) is 1.82. The fourth-order valence-electron chi connectivity index (χ4n) is 3.15. The number of allylic oxidation sites excluding steroid dienone is 4. The highest BCUT2D eigenvalue weighted by molar-refractivity contribution is 5.98. The van der Waals surface area contributed by atoms with Crippen LogP contribution >= 0.6 is 0 Å². The number of phenols is 2. The summed E-state index contributed by atoms with van der Waals surface area (Å²) in [5.74, 6) is -0.538. The summed E-state index contributed by atoms with van der Waals surface area (Å²) in [6, 6.07) is 2.39. The molecule has 1 aliphatic carbocycles. The van der Waals surface area contributed by atoms with E-state index in [1.54, 1.807) is 6.08 Å². The molecule has 5 nitrogen and oxygen atoms in total. The predicted octanol–water partition coefficient (Wildman–Crippen LogP) is 2.91. The Morgan fingerprint density at radius 3 is 2.71 bits per heavy atom. The molecule has 1 fully saturated rings. The zero-order valence-corrected chi connectivity index (χ0v) is 13.4. The third kappa shape index (κ3) is 3.67. The Balaban J connectivity index is 1.96. The molecule has 3 rings (SSSR count). The van der Waals surface area contributed by atoms with E-state index in [1.807, 2.05) is 13.0 Å². The molecule has 1 heterocycles. The van der Waals surface area contributed by atoms with E-state index < -0.39 is 5.97 Å². The number of hydrogen-bond acceptors (Lipinski definition) is 5. The average molecular weight is 328 g/mol. The number of ether oxygens (including phenoxy) is 1. The lowest BCUT2D eigenvalue weighted by atomic mass is 10.00. The van der Waals surface area contributed by atoms with Crippen LogP contribution in [0, 0.1) is 11.8 Å². The monoisotopic (exact) mass is 328 g/mol. The molecule has 1 saturated carbocycles. The summed E-state index contributed by atoms with van der Waals surface area (Å²) >= 11 is 0. The SMILES string of the molecule is C[C@@H]1C[C@H]2C[C@@H]2/C=C\C=C\C(=O)Cc2cc(O)cc(O)c2C(=O)O1. The molecule has 0 radical (unpaired) electrons. The van der Waals surface area contributed by atoms with E-state index in [2.05, 4.69) is 6.08 Å². The number of cyclic esters (lactones) is 1. The largest absolute Gasteiger partial charge is 0.508 e. The van der Waals surface area contributed by atoms with E-state index in [9.17, 15) is 19.8 Å². The van der Waals surface area contributed by atoms with Crippen molar-refractivity contribution in [2.75, 3.05) is 0 Å². The van der Waals surface area contributed by atoms with Gasteiger partial charge in [-0.25, -0.2) is 4.79 Å². The second-order valence-electron chi connectivity index (χ2n) is 6.50. The van der Waals surface area contributed by atoms with Crippen LogP contribution in [0.2, 0.25) is 0 Å². The highest BCUT2D eigenvalue weighted by Gasteiger charge is 2.36. The molecule has 0 unspecified atom stereocenters. The number of rotatable bonds is 0. The molecular weight excluding hydrogens is 308 g/mol. The van der Waals surface area contributed by atoms with Crippen molar-refractivity contribution >= 4 is 11.8 Å². The minimum absolute atomic E-state index is 0.0543. The second-order valence-corrected chi connectivity index (χ2v) is 6.50. The Hall–Kier alpha value is -2.56. The van der Waals surface area contributed by atoms with Gasteiger partial charge in [0.1, 0.15) is 17.1 Å². The number of hydrogen-bond donors (Lipinski definition) is 2. The molecule has 0 saturated heterocycles. The number of ketones is 1. The maximum atomic E-state index is 12.4. The zero-order valence-electron chi connectivity index (χ0n) is 13.4. The van der Waals surface area contributed by atoms with Gasteiger partial charge in [-0.2, -0.15) is 0 Å². The van der Waals surface area contributed by atoms with Crippen molar-refractivity contribution in [1.29, 1.82) is 0 Å². The van der Waals surface area contributed by atoms with Crippen molar-refractivity contribution in [1.82, 2.24) is 0 Å². The van der Waals surface area contributed by atoms with Crippen LogP contribution in [0.25, 0.3) is 0 Å². The van der Waals surface area contributed by atoms with Crippen LogP contribution < -0.4 is 0 Å². The zero-order chi connectivity index (χ0) is 17.3.